The Kier molecular flexibility index (Phi) is 4.71. The van der Waals surface area contributed by atoms with Crippen LogP contribution in [0.25, 0.3) is 0 Å². The quantitative estimate of drug-likeness (QED) is 0.885. The first-order valence-corrected chi connectivity index (χ1v) is 6.24. The monoisotopic (exact) mass is 291 g/mol. The Morgan fingerprint density at radius 3 is 2.62 bits per heavy atom. The van der Waals surface area contributed by atoms with Crippen LogP contribution in [0.2, 0.25) is 0 Å². The molecule has 0 fully saturated rings. The number of aromatic carboxylic acids is 1. The lowest BCUT2D eigenvalue weighted by atomic mass is 10.2. The van der Waals surface area contributed by atoms with E-state index in [0.717, 1.165) is 11.6 Å². The number of ether oxygens (including phenoxy) is 2. The van der Waals surface area contributed by atoms with E-state index in [4.69, 9.17) is 14.6 Å². The predicted molar refractivity (Wildman–Crippen MR) is 73.3 cm³/mol. The third kappa shape index (κ3) is 3.68. The first-order chi connectivity index (χ1) is 10.1. The average molecular weight is 291 g/mol. The molecule has 110 valence electrons. The topological polar surface area (TPSA) is 68.7 Å². The van der Waals surface area contributed by atoms with Gasteiger partial charge in [-0.1, -0.05) is 0 Å². The van der Waals surface area contributed by atoms with E-state index in [1.165, 1.54) is 13.2 Å². The third-order valence-corrected chi connectivity index (χ3v) is 2.88. The Labute approximate surface area is 121 Å². The zero-order valence-corrected chi connectivity index (χ0v) is 11.4. The summed E-state index contributed by atoms with van der Waals surface area (Å²) in [6, 6.07) is 5.82. The average Bonchev–Trinajstić information content (AvgIpc) is 2.49. The number of aromatic nitrogens is 1. The molecular weight excluding hydrogens is 277 g/mol. The van der Waals surface area contributed by atoms with Crippen LogP contribution >= 0.6 is 0 Å². The van der Waals surface area contributed by atoms with Gasteiger partial charge < -0.3 is 14.6 Å². The highest BCUT2D eigenvalue weighted by molar-refractivity contribution is 5.91. The molecule has 6 heteroatoms. The molecule has 0 atom stereocenters. The molecule has 21 heavy (non-hydrogen) atoms. The molecule has 0 aliphatic carbocycles. The number of methoxy groups -OCH3 is 1. The van der Waals surface area contributed by atoms with Crippen molar-refractivity contribution >= 4 is 5.97 Å². The Hall–Kier alpha value is -2.63. The lowest BCUT2D eigenvalue weighted by Gasteiger charge is -2.11. The first kappa shape index (κ1) is 14.8. The Balaban J connectivity index is 2.08. The molecular formula is C15H14FNO4. The van der Waals surface area contributed by atoms with Gasteiger partial charge in [0.1, 0.15) is 11.3 Å². The number of benzene rings is 1. The van der Waals surface area contributed by atoms with Crippen molar-refractivity contribution in [2.45, 2.75) is 6.42 Å². The number of nitrogens with zero attached hydrogens (tertiary/aromatic N) is 1. The number of rotatable bonds is 6. The number of carboxylic acids is 1. The van der Waals surface area contributed by atoms with Gasteiger partial charge in [-0.15, -0.1) is 0 Å². The van der Waals surface area contributed by atoms with Gasteiger partial charge in [-0.05, 0) is 23.8 Å². The molecule has 5 nitrogen and oxygen atoms in total. The molecule has 1 aromatic heterocycles. The highest BCUT2D eigenvalue weighted by Gasteiger charge is 2.16. The third-order valence-electron chi connectivity index (χ3n) is 2.88. The lowest BCUT2D eigenvalue weighted by Crippen LogP contribution is -2.06. The van der Waals surface area contributed by atoms with Crippen LogP contribution in [-0.4, -0.2) is 29.8 Å². The highest BCUT2D eigenvalue weighted by Crippen LogP contribution is 2.28. The Morgan fingerprint density at radius 1 is 1.29 bits per heavy atom. The van der Waals surface area contributed by atoms with E-state index >= 15 is 0 Å². The number of pyridine rings is 1. The summed E-state index contributed by atoms with van der Waals surface area (Å²) >= 11 is 0. The SMILES string of the molecule is COc1cc(OCCc2ccncc2)c(F)cc1C(=O)O. The molecule has 2 aromatic rings. The van der Waals surface area contributed by atoms with Crippen LogP contribution in [0.1, 0.15) is 15.9 Å². The van der Waals surface area contributed by atoms with Crippen molar-refractivity contribution < 1.29 is 23.8 Å². The highest BCUT2D eigenvalue weighted by atomic mass is 19.1. The van der Waals surface area contributed by atoms with Crippen molar-refractivity contribution in [2.75, 3.05) is 13.7 Å². The molecule has 0 radical (unpaired) electrons. The number of hydrogen-bond acceptors (Lipinski definition) is 4. The standard InChI is InChI=1S/C15H14FNO4/c1-20-13-9-14(12(16)8-11(13)15(18)19)21-7-4-10-2-5-17-6-3-10/h2-3,5-6,8-9H,4,7H2,1H3,(H,18,19). The molecule has 2 rings (SSSR count). The van der Waals surface area contributed by atoms with Gasteiger partial charge in [-0.2, -0.15) is 0 Å². The maximum absolute atomic E-state index is 13.8. The molecule has 0 bridgehead atoms. The minimum Gasteiger partial charge on any atom is -0.496 e. The van der Waals surface area contributed by atoms with Gasteiger partial charge in [-0.25, -0.2) is 9.18 Å². The van der Waals surface area contributed by atoms with Crippen LogP contribution in [0.4, 0.5) is 4.39 Å². The molecule has 0 amide bonds. The van der Waals surface area contributed by atoms with Gasteiger partial charge in [0.25, 0.3) is 0 Å². The predicted octanol–water partition coefficient (Wildman–Crippen LogP) is 2.55. The molecule has 0 unspecified atom stereocenters. The van der Waals surface area contributed by atoms with Gasteiger partial charge in [0, 0.05) is 24.9 Å². The summed E-state index contributed by atoms with van der Waals surface area (Å²) in [7, 11) is 1.32. The van der Waals surface area contributed by atoms with Gasteiger partial charge in [0.15, 0.2) is 11.6 Å². The molecule has 0 saturated carbocycles. The van der Waals surface area contributed by atoms with Crippen LogP contribution < -0.4 is 9.47 Å². The van der Waals surface area contributed by atoms with Crippen LogP contribution in [0.5, 0.6) is 11.5 Å². The summed E-state index contributed by atoms with van der Waals surface area (Å²) < 4.78 is 24.1. The van der Waals surface area contributed by atoms with E-state index in [2.05, 4.69) is 4.98 Å². The lowest BCUT2D eigenvalue weighted by molar-refractivity contribution is 0.0692. The largest absolute Gasteiger partial charge is 0.496 e. The summed E-state index contributed by atoms with van der Waals surface area (Å²) in [6.07, 6.45) is 3.92. The number of halogens is 1. The normalized spacial score (nSPS) is 10.2. The van der Waals surface area contributed by atoms with Crippen LogP contribution in [0.3, 0.4) is 0 Å². The maximum Gasteiger partial charge on any atom is 0.339 e. The second kappa shape index (κ2) is 6.69. The second-order valence-corrected chi connectivity index (χ2v) is 4.24. The Bertz CT molecular complexity index is 631. The van der Waals surface area contributed by atoms with Crippen molar-refractivity contribution in [3.05, 3.63) is 53.6 Å². The number of carboxylic acid groups (broad SMARTS) is 1. The molecule has 0 aliphatic rings. The van der Waals surface area contributed by atoms with Crippen molar-refractivity contribution in [3.63, 3.8) is 0 Å². The molecule has 0 aliphatic heterocycles. The van der Waals surface area contributed by atoms with E-state index in [9.17, 15) is 9.18 Å². The number of hydrogen-bond donors (Lipinski definition) is 1. The Morgan fingerprint density at radius 2 is 2.00 bits per heavy atom. The van der Waals surface area contributed by atoms with Gasteiger partial charge in [0.2, 0.25) is 0 Å². The van der Waals surface area contributed by atoms with Crippen molar-refractivity contribution in [1.82, 2.24) is 4.98 Å². The van der Waals surface area contributed by atoms with E-state index in [-0.39, 0.29) is 23.7 Å². The minimum absolute atomic E-state index is 0.0362. The smallest absolute Gasteiger partial charge is 0.339 e. The van der Waals surface area contributed by atoms with Crippen molar-refractivity contribution in [2.24, 2.45) is 0 Å². The van der Waals surface area contributed by atoms with Crippen molar-refractivity contribution in [3.8, 4) is 11.5 Å². The van der Waals surface area contributed by atoms with E-state index < -0.39 is 11.8 Å². The van der Waals surface area contributed by atoms with E-state index in [1.54, 1.807) is 12.4 Å². The molecule has 0 spiro atoms. The van der Waals surface area contributed by atoms with Crippen molar-refractivity contribution in [1.29, 1.82) is 0 Å². The zero-order chi connectivity index (χ0) is 15.2. The van der Waals surface area contributed by atoms with E-state index in [0.29, 0.717) is 6.42 Å². The summed E-state index contributed by atoms with van der Waals surface area (Å²) in [5.41, 5.74) is 0.774. The zero-order valence-electron chi connectivity index (χ0n) is 11.4. The molecule has 1 N–H and O–H groups in total. The molecule has 0 saturated heterocycles. The maximum atomic E-state index is 13.8. The number of carbonyl (C=O) groups is 1. The molecule has 1 aromatic carbocycles. The summed E-state index contributed by atoms with van der Waals surface area (Å²) in [4.78, 5) is 14.9. The minimum atomic E-state index is -1.26. The summed E-state index contributed by atoms with van der Waals surface area (Å²) in [5.74, 6) is -1.97. The fraction of sp³-hybridized carbons (Fsp3) is 0.200. The summed E-state index contributed by atoms with van der Waals surface area (Å²) in [6.45, 7) is 0.260. The van der Waals surface area contributed by atoms with E-state index in [1.807, 2.05) is 12.1 Å². The van der Waals surface area contributed by atoms with Crippen LogP contribution in [0.15, 0.2) is 36.7 Å². The second-order valence-electron chi connectivity index (χ2n) is 4.24. The summed E-state index contributed by atoms with van der Waals surface area (Å²) in [5, 5.41) is 8.94. The fourth-order valence-electron chi connectivity index (χ4n) is 1.81. The van der Waals surface area contributed by atoms with Gasteiger partial charge >= 0.3 is 5.97 Å². The fourth-order valence-corrected chi connectivity index (χ4v) is 1.81. The first-order valence-electron chi connectivity index (χ1n) is 6.24. The van der Waals surface area contributed by atoms with Gasteiger partial charge in [-0.3, -0.25) is 4.98 Å². The van der Waals surface area contributed by atoms with Gasteiger partial charge in [0.05, 0.1) is 13.7 Å². The van der Waals surface area contributed by atoms with Crippen LogP contribution in [-0.2, 0) is 6.42 Å². The van der Waals surface area contributed by atoms with Crippen LogP contribution in [0, 0.1) is 5.82 Å². The molecule has 1 heterocycles.